The average Bonchev–Trinajstić information content (AvgIpc) is 2.61. The summed E-state index contributed by atoms with van der Waals surface area (Å²) in [6.07, 6.45) is 0. The fourth-order valence-corrected chi connectivity index (χ4v) is 2.82. The van der Waals surface area contributed by atoms with Gasteiger partial charge in [-0.05, 0) is 45.2 Å². The van der Waals surface area contributed by atoms with Gasteiger partial charge in [-0.15, -0.1) is 0 Å². The minimum Gasteiger partial charge on any atom is -0.496 e. The van der Waals surface area contributed by atoms with Crippen LogP contribution in [0, 0.1) is 6.92 Å². The van der Waals surface area contributed by atoms with E-state index < -0.39 is 0 Å². The standard InChI is InChI=1S/C20H25ClN2O3/c1-13-6-8-18(25-4)15(10-13)12-23(3)14(2)20(24)22-17-11-16(21)7-9-19(17)26-5/h6-11,14H,12H2,1-5H3,(H,22,24)/t14-/m0/s1. The van der Waals surface area contributed by atoms with Crippen LogP contribution in [-0.4, -0.2) is 38.1 Å². The highest BCUT2D eigenvalue weighted by Gasteiger charge is 2.20. The molecule has 0 aromatic heterocycles. The number of ether oxygens (including phenoxy) is 2. The number of nitrogens with one attached hydrogen (secondary N) is 1. The van der Waals surface area contributed by atoms with Crippen molar-refractivity contribution in [1.29, 1.82) is 0 Å². The molecule has 0 spiro atoms. The Balaban J connectivity index is 2.11. The summed E-state index contributed by atoms with van der Waals surface area (Å²) in [7, 11) is 5.11. The van der Waals surface area contributed by atoms with E-state index in [9.17, 15) is 4.79 Å². The van der Waals surface area contributed by atoms with Gasteiger partial charge in [-0.1, -0.05) is 29.3 Å². The molecule has 5 nitrogen and oxygen atoms in total. The second-order valence-electron chi connectivity index (χ2n) is 6.24. The van der Waals surface area contributed by atoms with Crippen molar-refractivity contribution in [2.75, 3.05) is 26.6 Å². The summed E-state index contributed by atoms with van der Waals surface area (Å²) in [5, 5.41) is 3.42. The maximum Gasteiger partial charge on any atom is 0.241 e. The third kappa shape index (κ3) is 4.90. The summed E-state index contributed by atoms with van der Waals surface area (Å²) >= 11 is 6.02. The summed E-state index contributed by atoms with van der Waals surface area (Å²) in [4.78, 5) is 14.6. The maximum absolute atomic E-state index is 12.7. The first-order valence-electron chi connectivity index (χ1n) is 8.34. The molecule has 0 aliphatic heterocycles. The summed E-state index contributed by atoms with van der Waals surface area (Å²) in [5.41, 5.74) is 2.74. The average molecular weight is 377 g/mol. The lowest BCUT2D eigenvalue weighted by molar-refractivity contribution is -0.120. The van der Waals surface area contributed by atoms with Crippen LogP contribution in [0.5, 0.6) is 11.5 Å². The van der Waals surface area contributed by atoms with Crippen molar-refractivity contribution in [2.24, 2.45) is 0 Å². The molecular weight excluding hydrogens is 352 g/mol. The minimum absolute atomic E-state index is 0.139. The van der Waals surface area contributed by atoms with Crippen molar-refractivity contribution in [3.8, 4) is 11.5 Å². The molecule has 1 N–H and O–H groups in total. The number of carbonyl (C=O) groups excluding carboxylic acids is 1. The normalized spacial score (nSPS) is 12.0. The summed E-state index contributed by atoms with van der Waals surface area (Å²) in [6.45, 7) is 4.48. The third-order valence-electron chi connectivity index (χ3n) is 4.32. The topological polar surface area (TPSA) is 50.8 Å². The van der Waals surface area contributed by atoms with Crippen molar-refractivity contribution < 1.29 is 14.3 Å². The van der Waals surface area contributed by atoms with Crippen molar-refractivity contribution in [1.82, 2.24) is 4.90 Å². The van der Waals surface area contributed by atoms with Gasteiger partial charge in [0.25, 0.3) is 0 Å². The van der Waals surface area contributed by atoms with E-state index in [-0.39, 0.29) is 11.9 Å². The van der Waals surface area contributed by atoms with Crippen molar-refractivity contribution in [2.45, 2.75) is 26.4 Å². The van der Waals surface area contributed by atoms with Gasteiger partial charge in [-0.2, -0.15) is 0 Å². The Bertz CT molecular complexity index is 780. The van der Waals surface area contributed by atoms with Gasteiger partial charge in [0.1, 0.15) is 11.5 Å². The Hall–Kier alpha value is -2.24. The Morgan fingerprint density at radius 3 is 2.46 bits per heavy atom. The number of aryl methyl sites for hydroxylation is 1. The molecule has 2 rings (SSSR count). The number of nitrogens with zero attached hydrogens (tertiary/aromatic N) is 1. The first kappa shape index (κ1) is 20.1. The van der Waals surface area contributed by atoms with E-state index in [2.05, 4.69) is 11.4 Å². The molecule has 0 unspecified atom stereocenters. The van der Waals surface area contributed by atoms with Crippen LogP contribution < -0.4 is 14.8 Å². The Labute approximate surface area is 159 Å². The molecule has 0 aliphatic carbocycles. The molecule has 0 saturated carbocycles. The Morgan fingerprint density at radius 1 is 1.15 bits per heavy atom. The lowest BCUT2D eigenvalue weighted by atomic mass is 10.1. The highest BCUT2D eigenvalue weighted by molar-refractivity contribution is 6.31. The Morgan fingerprint density at radius 2 is 1.81 bits per heavy atom. The second-order valence-corrected chi connectivity index (χ2v) is 6.68. The number of carbonyl (C=O) groups is 1. The second kappa shape index (κ2) is 8.92. The zero-order valence-electron chi connectivity index (χ0n) is 15.8. The zero-order valence-corrected chi connectivity index (χ0v) is 16.6. The van der Waals surface area contributed by atoms with Gasteiger partial charge in [0.05, 0.1) is 25.9 Å². The van der Waals surface area contributed by atoms with Gasteiger partial charge in [0.15, 0.2) is 0 Å². The van der Waals surface area contributed by atoms with E-state index in [1.165, 1.54) is 0 Å². The third-order valence-corrected chi connectivity index (χ3v) is 4.55. The van der Waals surface area contributed by atoms with Crippen LogP contribution in [0.25, 0.3) is 0 Å². The van der Waals surface area contributed by atoms with E-state index in [0.29, 0.717) is 23.0 Å². The van der Waals surface area contributed by atoms with E-state index in [4.69, 9.17) is 21.1 Å². The van der Waals surface area contributed by atoms with Crippen molar-refractivity contribution >= 4 is 23.2 Å². The maximum atomic E-state index is 12.7. The zero-order chi connectivity index (χ0) is 19.3. The number of amides is 1. The monoisotopic (exact) mass is 376 g/mol. The van der Waals surface area contributed by atoms with Gasteiger partial charge < -0.3 is 14.8 Å². The SMILES string of the molecule is COc1ccc(C)cc1CN(C)[C@@H](C)C(=O)Nc1cc(Cl)ccc1OC. The quantitative estimate of drug-likeness (QED) is 0.789. The van der Waals surface area contributed by atoms with Gasteiger partial charge in [-0.3, -0.25) is 9.69 Å². The summed E-state index contributed by atoms with van der Waals surface area (Å²) in [5.74, 6) is 1.24. The number of rotatable bonds is 7. The van der Waals surface area contributed by atoms with E-state index in [0.717, 1.165) is 16.9 Å². The fraction of sp³-hybridized carbons (Fsp3) is 0.350. The van der Waals surface area contributed by atoms with Gasteiger partial charge in [0, 0.05) is 17.1 Å². The van der Waals surface area contributed by atoms with E-state index in [1.54, 1.807) is 32.4 Å². The molecular formula is C20H25ClN2O3. The number of methoxy groups -OCH3 is 2. The summed E-state index contributed by atoms with van der Waals surface area (Å²) in [6, 6.07) is 10.8. The number of likely N-dealkylation sites (N-methyl/N-ethyl adjacent to an activating group) is 1. The van der Waals surface area contributed by atoms with Crippen LogP contribution in [-0.2, 0) is 11.3 Å². The lowest BCUT2D eigenvalue weighted by Gasteiger charge is -2.25. The number of anilines is 1. The van der Waals surface area contributed by atoms with Crippen LogP contribution in [0.15, 0.2) is 36.4 Å². The molecule has 26 heavy (non-hydrogen) atoms. The molecule has 0 heterocycles. The van der Waals surface area contributed by atoms with Crippen LogP contribution in [0.3, 0.4) is 0 Å². The minimum atomic E-state index is -0.357. The molecule has 0 fully saturated rings. The molecule has 0 saturated heterocycles. The predicted octanol–water partition coefficient (Wildman–Crippen LogP) is 4.12. The molecule has 1 atom stereocenters. The molecule has 2 aromatic rings. The summed E-state index contributed by atoms with van der Waals surface area (Å²) < 4.78 is 10.7. The van der Waals surface area contributed by atoms with Gasteiger partial charge >= 0.3 is 0 Å². The van der Waals surface area contributed by atoms with E-state index in [1.807, 2.05) is 37.9 Å². The highest BCUT2D eigenvalue weighted by Crippen LogP contribution is 2.28. The molecule has 0 radical (unpaired) electrons. The number of benzene rings is 2. The fourth-order valence-electron chi connectivity index (χ4n) is 2.65. The molecule has 6 heteroatoms. The van der Waals surface area contributed by atoms with Gasteiger partial charge in [-0.25, -0.2) is 0 Å². The molecule has 1 amide bonds. The molecule has 2 aromatic carbocycles. The van der Waals surface area contributed by atoms with Crippen LogP contribution in [0.1, 0.15) is 18.1 Å². The van der Waals surface area contributed by atoms with Crippen LogP contribution in [0.2, 0.25) is 5.02 Å². The lowest BCUT2D eigenvalue weighted by Crippen LogP contribution is -2.39. The van der Waals surface area contributed by atoms with Crippen molar-refractivity contribution in [3.05, 3.63) is 52.5 Å². The molecule has 140 valence electrons. The van der Waals surface area contributed by atoms with Crippen molar-refractivity contribution in [3.63, 3.8) is 0 Å². The number of halogens is 1. The van der Waals surface area contributed by atoms with Gasteiger partial charge in [0.2, 0.25) is 5.91 Å². The van der Waals surface area contributed by atoms with Crippen LogP contribution >= 0.6 is 11.6 Å². The number of hydrogen-bond donors (Lipinski definition) is 1. The first-order chi connectivity index (χ1) is 12.3. The first-order valence-corrected chi connectivity index (χ1v) is 8.71. The molecule has 0 aliphatic rings. The largest absolute Gasteiger partial charge is 0.496 e. The van der Waals surface area contributed by atoms with E-state index >= 15 is 0 Å². The van der Waals surface area contributed by atoms with Crippen LogP contribution in [0.4, 0.5) is 5.69 Å². The predicted molar refractivity (Wildman–Crippen MR) is 105 cm³/mol. The smallest absolute Gasteiger partial charge is 0.241 e. The molecule has 0 bridgehead atoms. The Kier molecular flexibility index (Phi) is 6.89. The number of hydrogen-bond acceptors (Lipinski definition) is 4. The highest BCUT2D eigenvalue weighted by atomic mass is 35.5.